The highest BCUT2D eigenvalue weighted by molar-refractivity contribution is 5.87. The van der Waals surface area contributed by atoms with Gasteiger partial charge >= 0.3 is 12.1 Å². The van der Waals surface area contributed by atoms with Gasteiger partial charge in [0, 0.05) is 55.8 Å². The number of hydrogen-bond donors (Lipinski definition) is 2. The Balaban J connectivity index is 1.86. The van der Waals surface area contributed by atoms with Crippen molar-refractivity contribution in [1.29, 1.82) is 0 Å². The van der Waals surface area contributed by atoms with Crippen molar-refractivity contribution < 1.29 is 32.6 Å². The van der Waals surface area contributed by atoms with Crippen LogP contribution in [0.3, 0.4) is 0 Å². The number of benzene rings is 1. The molecule has 4 unspecified atom stereocenters. The largest absolute Gasteiger partial charge is 0.496 e. The Morgan fingerprint density at radius 1 is 1.12 bits per heavy atom. The second-order valence-corrected chi connectivity index (χ2v) is 12.9. The smallest absolute Gasteiger partial charge is 0.416 e. The van der Waals surface area contributed by atoms with Gasteiger partial charge in [-0.25, -0.2) is 9.78 Å². The first kappa shape index (κ1) is 32.6. The van der Waals surface area contributed by atoms with E-state index in [1.807, 2.05) is 45.8 Å². The molecule has 236 valence electrons. The van der Waals surface area contributed by atoms with Gasteiger partial charge in [-0.2, -0.15) is 13.2 Å². The van der Waals surface area contributed by atoms with E-state index in [1.165, 1.54) is 13.2 Å². The van der Waals surface area contributed by atoms with Crippen LogP contribution in [-0.2, 0) is 22.3 Å². The predicted octanol–water partition coefficient (Wildman–Crippen LogP) is 5.91. The lowest BCUT2D eigenvalue weighted by atomic mass is 9.72. The van der Waals surface area contributed by atoms with Gasteiger partial charge in [-0.05, 0) is 36.5 Å². The summed E-state index contributed by atoms with van der Waals surface area (Å²) >= 11 is 0. The lowest BCUT2D eigenvalue weighted by Gasteiger charge is -2.36. The van der Waals surface area contributed by atoms with E-state index < -0.39 is 47.2 Å². The van der Waals surface area contributed by atoms with Crippen molar-refractivity contribution in [2.24, 2.45) is 17.3 Å². The molecule has 0 radical (unpaired) electrons. The van der Waals surface area contributed by atoms with E-state index >= 15 is 0 Å². The van der Waals surface area contributed by atoms with Gasteiger partial charge < -0.3 is 25.0 Å². The second-order valence-electron chi connectivity index (χ2n) is 12.9. The summed E-state index contributed by atoms with van der Waals surface area (Å²) in [6.07, 6.45) is 1.44. The maximum Gasteiger partial charge on any atom is 0.416 e. The van der Waals surface area contributed by atoms with Crippen LogP contribution in [0.5, 0.6) is 5.75 Å². The highest BCUT2D eigenvalue weighted by atomic mass is 19.4. The quantitative estimate of drug-likeness (QED) is 0.387. The lowest BCUT2D eigenvalue weighted by Crippen LogP contribution is -2.49. The fourth-order valence-corrected chi connectivity index (χ4v) is 6.92. The van der Waals surface area contributed by atoms with Crippen molar-refractivity contribution >= 4 is 17.7 Å². The van der Waals surface area contributed by atoms with E-state index in [1.54, 1.807) is 17.2 Å². The highest BCUT2D eigenvalue weighted by Crippen LogP contribution is 2.50. The number of halogens is 3. The number of carbonyl (C=O) groups is 2. The molecule has 1 aliphatic carbocycles. The summed E-state index contributed by atoms with van der Waals surface area (Å²) in [7, 11) is 5.01. The molecule has 1 aromatic heterocycles. The number of hydrogen-bond acceptors (Lipinski definition) is 6. The van der Waals surface area contributed by atoms with Crippen LogP contribution in [0, 0.1) is 17.3 Å². The molecule has 0 spiro atoms. The zero-order valence-corrected chi connectivity index (χ0v) is 25.7. The number of methoxy groups -OCH3 is 1. The molecule has 1 aliphatic heterocycles. The maximum atomic E-state index is 14.4. The first-order valence-electron chi connectivity index (χ1n) is 14.8. The lowest BCUT2D eigenvalue weighted by molar-refractivity contribution is -0.154. The number of carbonyl (C=O) groups excluding carboxylic acids is 1. The molecule has 2 heterocycles. The molecule has 4 rings (SSSR count). The van der Waals surface area contributed by atoms with E-state index in [4.69, 9.17) is 4.74 Å². The molecule has 2 aromatic rings. The van der Waals surface area contributed by atoms with Crippen LogP contribution in [0.25, 0.3) is 0 Å². The van der Waals surface area contributed by atoms with E-state index in [0.29, 0.717) is 29.8 Å². The minimum atomic E-state index is -4.52. The molecule has 11 heteroatoms. The molecule has 0 bridgehead atoms. The molecular formula is C32H43F3N4O4. The molecule has 2 N–H and O–H groups in total. The molecule has 2 aliphatic rings. The van der Waals surface area contributed by atoms with Gasteiger partial charge in [-0.15, -0.1) is 0 Å². The Labute approximate surface area is 251 Å². The average molecular weight is 605 g/mol. The van der Waals surface area contributed by atoms with Crippen molar-refractivity contribution in [1.82, 2.24) is 15.2 Å². The van der Waals surface area contributed by atoms with Crippen molar-refractivity contribution in [3.05, 3.63) is 53.2 Å². The number of nitrogens with zero attached hydrogens (tertiary/aromatic N) is 3. The van der Waals surface area contributed by atoms with Gasteiger partial charge in [0.05, 0.1) is 18.7 Å². The molecular weight excluding hydrogens is 561 g/mol. The molecule has 8 nitrogen and oxygen atoms in total. The molecule has 2 fully saturated rings. The summed E-state index contributed by atoms with van der Waals surface area (Å²) in [5.41, 5.74) is -0.178. The van der Waals surface area contributed by atoms with Crippen LogP contribution in [-0.4, -0.2) is 60.2 Å². The van der Waals surface area contributed by atoms with Gasteiger partial charge in [0.2, 0.25) is 5.91 Å². The van der Waals surface area contributed by atoms with E-state index in [9.17, 15) is 27.9 Å². The summed E-state index contributed by atoms with van der Waals surface area (Å²) in [6.45, 7) is 5.98. The first-order chi connectivity index (χ1) is 20.2. The number of pyridine rings is 1. The summed E-state index contributed by atoms with van der Waals surface area (Å²) in [5.74, 6) is -1.38. The Morgan fingerprint density at radius 3 is 2.35 bits per heavy atom. The standard InChI is InChI=1S/C32H43F3N4O4/c1-31(2,3)24-25(37-18-20-14-15-21(32(33,34)35)17-23(20)43-6)26(22-13-10-16-36-28(22)38(4)5)39(27(24)30(41)42)29(40)19-11-8-7-9-12-19/h10,13-17,19,24-27,37H,7-9,11-12,18H2,1-6H3,(H,41,42). The summed E-state index contributed by atoms with van der Waals surface area (Å²) < 4.78 is 45.6. The summed E-state index contributed by atoms with van der Waals surface area (Å²) in [5, 5.41) is 14.2. The zero-order chi connectivity index (χ0) is 31.7. The van der Waals surface area contributed by atoms with Crippen LogP contribution in [0.2, 0.25) is 0 Å². The van der Waals surface area contributed by atoms with Crippen molar-refractivity contribution in [3.63, 3.8) is 0 Å². The Morgan fingerprint density at radius 2 is 1.79 bits per heavy atom. The summed E-state index contributed by atoms with van der Waals surface area (Å²) in [4.78, 5) is 35.5. The number of alkyl halides is 3. The third-order valence-corrected chi connectivity index (χ3v) is 8.83. The fourth-order valence-electron chi connectivity index (χ4n) is 6.92. The van der Waals surface area contributed by atoms with Gasteiger partial charge in [-0.1, -0.05) is 52.2 Å². The monoisotopic (exact) mass is 604 g/mol. The Bertz CT molecular complexity index is 1300. The third-order valence-electron chi connectivity index (χ3n) is 8.83. The fraction of sp³-hybridized carbons (Fsp3) is 0.594. The minimum Gasteiger partial charge on any atom is -0.496 e. The van der Waals surface area contributed by atoms with Crippen LogP contribution < -0.4 is 15.0 Å². The Kier molecular flexibility index (Phi) is 9.63. The van der Waals surface area contributed by atoms with Gasteiger partial charge in [0.15, 0.2) is 0 Å². The molecule has 4 atom stereocenters. The molecule has 1 saturated heterocycles. The number of carboxylic acids is 1. The highest BCUT2D eigenvalue weighted by Gasteiger charge is 2.59. The number of aliphatic carboxylic acids is 1. The Hall–Kier alpha value is -3.34. The van der Waals surface area contributed by atoms with Crippen molar-refractivity contribution in [3.8, 4) is 5.75 Å². The SMILES string of the molecule is COc1cc(C(F)(F)F)ccc1CNC1C(c2cccnc2N(C)C)N(C(=O)C2CCCCC2)C(C(=O)O)C1C(C)(C)C. The molecule has 1 saturated carbocycles. The number of carboxylic acid groups (broad SMARTS) is 1. The average Bonchev–Trinajstić information content (AvgIpc) is 3.31. The van der Waals surface area contributed by atoms with E-state index in [-0.39, 0.29) is 24.1 Å². The minimum absolute atomic E-state index is 0.0736. The number of likely N-dealkylation sites (tertiary alicyclic amines) is 1. The summed E-state index contributed by atoms with van der Waals surface area (Å²) in [6, 6.07) is 4.63. The van der Waals surface area contributed by atoms with Crippen molar-refractivity contribution in [2.75, 3.05) is 26.1 Å². The number of ether oxygens (including phenoxy) is 1. The first-order valence-corrected chi connectivity index (χ1v) is 14.8. The van der Waals surface area contributed by atoms with Crippen LogP contribution in [0.4, 0.5) is 19.0 Å². The van der Waals surface area contributed by atoms with Crippen LogP contribution in [0.1, 0.15) is 75.6 Å². The zero-order valence-electron chi connectivity index (χ0n) is 25.7. The maximum absolute atomic E-state index is 14.4. The number of nitrogens with one attached hydrogen (secondary N) is 1. The second kappa shape index (κ2) is 12.7. The molecule has 1 aromatic carbocycles. The third kappa shape index (κ3) is 6.76. The van der Waals surface area contributed by atoms with Crippen LogP contribution in [0.15, 0.2) is 36.5 Å². The number of rotatable bonds is 8. The van der Waals surface area contributed by atoms with E-state index in [0.717, 1.165) is 31.4 Å². The number of anilines is 1. The van der Waals surface area contributed by atoms with E-state index in [2.05, 4.69) is 10.3 Å². The van der Waals surface area contributed by atoms with Gasteiger partial charge in [0.25, 0.3) is 0 Å². The van der Waals surface area contributed by atoms with Crippen molar-refractivity contribution in [2.45, 2.75) is 83.7 Å². The predicted molar refractivity (Wildman–Crippen MR) is 158 cm³/mol. The van der Waals surface area contributed by atoms with Gasteiger partial charge in [-0.3, -0.25) is 4.79 Å². The molecule has 1 amide bonds. The normalized spacial score (nSPS) is 23.3. The molecule has 43 heavy (non-hydrogen) atoms. The number of aromatic nitrogens is 1. The number of amides is 1. The van der Waals surface area contributed by atoms with Gasteiger partial charge in [0.1, 0.15) is 17.6 Å². The topological polar surface area (TPSA) is 95.0 Å². The van der Waals surface area contributed by atoms with Crippen LogP contribution >= 0.6 is 0 Å².